The molecular formula is C22H21N2O+. The van der Waals surface area contributed by atoms with E-state index in [1.165, 1.54) is 21.8 Å². The molecule has 0 fully saturated rings. The van der Waals surface area contributed by atoms with E-state index in [4.69, 9.17) is 4.74 Å². The summed E-state index contributed by atoms with van der Waals surface area (Å²) in [6.07, 6.45) is 0. The summed E-state index contributed by atoms with van der Waals surface area (Å²) in [5.41, 5.74) is 4.59. The second-order valence-electron chi connectivity index (χ2n) is 6.05. The van der Waals surface area contributed by atoms with Crippen LogP contribution in [0.3, 0.4) is 0 Å². The van der Waals surface area contributed by atoms with Crippen molar-refractivity contribution in [1.82, 2.24) is 0 Å². The molecule has 1 N–H and O–H groups in total. The Morgan fingerprint density at radius 3 is 1.92 bits per heavy atom. The van der Waals surface area contributed by atoms with E-state index in [-0.39, 0.29) is 0 Å². The SMILES string of the molecule is CCOc1ccc(Nc2c3ccccc3[n+](C)c3ccccc23)cc1. The molecule has 0 unspecified atom stereocenters. The summed E-state index contributed by atoms with van der Waals surface area (Å²) < 4.78 is 7.78. The fraction of sp³-hybridized carbons (Fsp3) is 0.136. The molecule has 25 heavy (non-hydrogen) atoms. The largest absolute Gasteiger partial charge is 0.494 e. The third-order valence-electron chi connectivity index (χ3n) is 4.50. The lowest BCUT2D eigenvalue weighted by molar-refractivity contribution is -0.617. The van der Waals surface area contributed by atoms with E-state index in [1.807, 2.05) is 19.1 Å². The lowest BCUT2D eigenvalue weighted by atomic mass is 10.1. The first-order chi connectivity index (χ1) is 12.3. The normalized spacial score (nSPS) is 11.0. The Bertz CT molecular complexity index is 982. The van der Waals surface area contributed by atoms with Crippen molar-refractivity contribution in [2.24, 2.45) is 7.05 Å². The molecular weight excluding hydrogens is 308 g/mol. The highest BCUT2D eigenvalue weighted by atomic mass is 16.5. The molecule has 0 saturated carbocycles. The van der Waals surface area contributed by atoms with E-state index in [2.05, 4.69) is 77.6 Å². The fourth-order valence-corrected chi connectivity index (χ4v) is 3.31. The van der Waals surface area contributed by atoms with Crippen LogP contribution in [0.5, 0.6) is 5.75 Å². The van der Waals surface area contributed by atoms with Crippen LogP contribution in [-0.4, -0.2) is 6.61 Å². The minimum atomic E-state index is 0.678. The third kappa shape index (κ3) is 2.78. The Morgan fingerprint density at radius 1 is 0.800 bits per heavy atom. The number of benzene rings is 3. The van der Waals surface area contributed by atoms with Gasteiger partial charge in [-0.3, -0.25) is 0 Å². The zero-order valence-corrected chi connectivity index (χ0v) is 14.5. The second-order valence-corrected chi connectivity index (χ2v) is 6.05. The first kappa shape index (κ1) is 15.5. The Balaban J connectivity index is 1.88. The molecule has 4 aromatic rings. The number of rotatable bonds is 4. The molecule has 0 radical (unpaired) electrons. The molecule has 1 aromatic heterocycles. The number of hydrogen-bond donors (Lipinski definition) is 1. The third-order valence-corrected chi connectivity index (χ3v) is 4.50. The molecule has 0 amide bonds. The van der Waals surface area contributed by atoms with Crippen LogP contribution in [0.15, 0.2) is 72.8 Å². The lowest BCUT2D eigenvalue weighted by Gasteiger charge is -2.13. The highest BCUT2D eigenvalue weighted by Gasteiger charge is 2.17. The van der Waals surface area contributed by atoms with Crippen molar-refractivity contribution < 1.29 is 9.30 Å². The van der Waals surface area contributed by atoms with Crippen LogP contribution in [0.25, 0.3) is 21.8 Å². The molecule has 0 aliphatic heterocycles. The van der Waals surface area contributed by atoms with Gasteiger partial charge in [0.15, 0.2) is 0 Å². The van der Waals surface area contributed by atoms with Crippen LogP contribution in [0.1, 0.15) is 6.92 Å². The standard InChI is InChI=1S/C22H20N2O/c1-3-25-17-14-12-16(13-15-17)23-22-18-8-4-6-10-20(18)24(2)21-11-7-5-9-19(21)22/h4-15H,3H2,1-2H3/p+1. The van der Waals surface area contributed by atoms with Gasteiger partial charge >= 0.3 is 0 Å². The number of nitrogens with one attached hydrogen (secondary N) is 1. The summed E-state index contributed by atoms with van der Waals surface area (Å²) in [4.78, 5) is 0. The maximum atomic E-state index is 5.54. The van der Waals surface area contributed by atoms with E-state index in [1.54, 1.807) is 0 Å². The predicted molar refractivity (Wildman–Crippen MR) is 104 cm³/mol. The van der Waals surface area contributed by atoms with Crippen molar-refractivity contribution in [3.8, 4) is 5.75 Å². The van der Waals surface area contributed by atoms with Crippen molar-refractivity contribution in [1.29, 1.82) is 0 Å². The molecule has 4 rings (SSSR count). The molecule has 0 aliphatic rings. The minimum Gasteiger partial charge on any atom is -0.494 e. The van der Waals surface area contributed by atoms with E-state index in [0.717, 1.165) is 17.1 Å². The maximum Gasteiger partial charge on any atom is 0.214 e. The van der Waals surface area contributed by atoms with Crippen LogP contribution in [0.4, 0.5) is 11.4 Å². The van der Waals surface area contributed by atoms with Crippen molar-refractivity contribution in [2.75, 3.05) is 11.9 Å². The zero-order chi connectivity index (χ0) is 17.2. The molecule has 3 nitrogen and oxygen atoms in total. The molecule has 3 aromatic carbocycles. The van der Waals surface area contributed by atoms with E-state index >= 15 is 0 Å². The second kappa shape index (κ2) is 6.44. The topological polar surface area (TPSA) is 25.1 Å². The molecule has 1 heterocycles. The first-order valence-electron chi connectivity index (χ1n) is 8.57. The summed E-state index contributed by atoms with van der Waals surface area (Å²) >= 11 is 0. The van der Waals surface area contributed by atoms with Crippen LogP contribution in [-0.2, 0) is 7.05 Å². The van der Waals surface area contributed by atoms with Gasteiger partial charge in [0, 0.05) is 17.8 Å². The number of pyridine rings is 1. The van der Waals surface area contributed by atoms with Crippen molar-refractivity contribution in [3.63, 3.8) is 0 Å². The molecule has 0 saturated heterocycles. The van der Waals surface area contributed by atoms with E-state index in [9.17, 15) is 0 Å². The minimum absolute atomic E-state index is 0.678. The summed E-state index contributed by atoms with van der Waals surface area (Å²) in [6.45, 7) is 2.67. The van der Waals surface area contributed by atoms with Gasteiger partial charge in [-0.15, -0.1) is 0 Å². The average molecular weight is 329 g/mol. The Morgan fingerprint density at radius 2 is 1.36 bits per heavy atom. The van der Waals surface area contributed by atoms with Crippen LogP contribution in [0.2, 0.25) is 0 Å². The molecule has 0 bridgehead atoms. The summed E-state index contributed by atoms with van der Waals surface area (Å²) in [7, 11) is 2.12. The maximum absolute atomic E-state index is 5.54. The number of aromatic nitrogens is 1. The summed E-state index contributed by atoms with van der Waals surface area (Å²) in [5, 5.41) is 6.03. The van der Waals surface area contributed by atoms with Crippen LogP contribution >= 0.6 is 0 Å². The number of hydrogen-bond acceptors (Lipinski definition) is 2. The van der Waals surface area contributed by atoms with Gasteiger partial charge in [-0.2, -0.15) is 4.57 Å². The highest BCUT2D eigenvalue weighted by molar-refractivity contribution is 6.06. The fourth-order valence-electron chi connectivity index (χ4n) is 3.31. The first-order valence-corrected chi connectivity index (χ1v) is 8.57. The number of aryl methyl sites for hydroxylation is 1. The van der Waals surface area contributed by atoms with Crippen molar-refractivity contribution in [3.05, 3.63) is 72.8 Å². The zero-order valence-electron chi connectivity index (χ0n) is 14.5. The number of fused-ring (bicyclic) bond motifs is 2. The summed E-state index contributed by atoms with van der Waals surface area (Å²) in [6, 6.07) is 25.1. The van der Waals surface area contributed by atoms with Gasteiger partial charge < -0.3 is 10.1 Å². The number of nitrogens with zero attached hydrogens (tertiary/aromatic N) is 1. The van der Waals surface area contributed by atoms with Crippen LogP contribution < -0.4 is 14.6 Å². The average Bonchev–Trinajstić information content (AvgIpc) is 2.67. The van der Waals surface area contributed by atoms with Gasteiger partial charge in [0.2, 0.25) is 11.0 Å². The van der Waals surface area contributed by atoms with Gasteiger partial charge in [0.1, 0.15) is 12.8 Å². The molecule has 3 heteroatoms. The monoisotopic (exact) mass is 329 g/mol. The van der Waals surface area contributed by atoms with Crippen molar-refractivity contribution >= 4 is 33.2 Å². The Kier molecular flexibility index (Phi) is 3.98. The van der Waals surface area contributed by atoms with Gasteiger partial charge in [-0.1, -0.05) is 24.3 Å². The highest BCUT2D eigenvalue weighted by Crippen LogP contribution is 2.32. The van der Waals surface area contributed by atoms with Gasteiger partial charge in [0.05, 0.1) is 23.1 Å². The molecule has 0 aliphatic carbocycles. The van der Waals surface area contributed by atoms with E-state index in [0.29, 0.717) is 6.61 Å². The number of anilines is 2. The molecule has 124 valence electrons. The molecule has 0 spiro atoms. The smallest absolute Gasteiger partial charge is 0.214 e. The van der Waals surface area contributed by atoms with Gasteiger partial charge in [-0.25, -0.2) is 0 Å². The van der Waals surface area contributed by atoms with Crippen LogP contribution in [0, 0.1) is 0 Å². The lowest BCUT2D eigenvalue weighted by Crippen LogP contribution is -2.30. The predicted octanol–water partition coefficient (Wildman–Crippen LogP) is 4.96. The van der Waals surface area contributed by atoms with Crippen molar-refractivity contribution in [2.45, 2.75) is 6.92 Å². The Labute approximate surface area is 147 Å². The number of ether oxygens (including phenoxy) is 1. The molecule has 0 atom stereocenters. The van der Waals surface area contributed by atoms with E-state index < -0.39 is 0 Å². The Hall–Kier alpha value is -3.07. The quantitative estimate of drug-likeness (QED) is 0.423. The number of para-hydroxylation sites is 2. The summed E-state index contributed by atoms with van der Waals surface area (Å²) in [5.74, 6) is 0.891. The van der Waals surface area contributed by atoms with Gasteiger partial charge in [-0.05, 0) is 43.3 Å². The van der Waals surface area contributed by atoms with Gasteiger partial charge in [0.25, 0.3) is 0 Å².